The number of anilines is 2. The first-order valence-corrected chi connectivity index (χ1v) is 10.2. The molecule has 2 aliphatic heterocycles. The molecule has 146 valence electrons. The smallest absolute Gasteiger partial charge is 0.134 e. The summed E-state index contributed by atoms with van der Waals surface area (Å²) in [7, 11) is 2.01. The monoisotopic (exact) mass is 369 g/mol. The van der Waals surface area contributed by atoms with E-state index in [-0.39, 0.29) is 0 Å². The van der Waals surface area contributed by atoms with Crippen molar-refractivity contribution in [3.63, 3.8) is 0 Å². The van der Waals surface area contributed by atoms with Gasteiger partial charge in [-0.15, -0.1) is 0 Å². The molecule has 4 heterocycles. The highest BCUT2D eigenvalue weighted by Gasteiger charge is 2.21. The maximum atomic E-state index is 4.73. The van der Waals surface area contributed by atoms with Gasteiger partial charge >= 0.3 is 0 Å². The van der Waals surface area contributed by atoms with Gasteiger partial charge in [0.05, 0.1) is 5.69 Å². The van der Waals surface area contributed by atoms with Crippen molar-refractivity contribution in [1.29, 1.82) is 0 Å². The zero-order valence-electron chi connectivity index (χ0n) is 16.9. The van der Waals surface area contributed by atoms with Crippen molar-refractivity contribution in [3.8, 4) is 0 Å². The second-order valence-electron chi connectivity index (χ2n) is 7.84. The van der Waals surface area contributed by atoms with E-state index in [2.05, 4.69) is 38.9 Å². The van der Waals surface area contributed by atoms with Crippen LogP contribution >= 0.6 is 0 Å². The number of piperazine rings is 1. The maximum absolute atomic E-state index is 4.73. The van der Waals surface area contributed by atoms with E-state index in [1.807, 2.05) is 18.7 Å². The Morgan fingerprint density at radius 2 is 1.44 bits per heavy atom. The zero-order chi connectivity index (χ0) is 18.8. The molecule has 0 N–H and O–H groups in total. The minimum absolute atomic E-state index is 0.875. The number of aromatic nitrogens is 4. The van der Waals surface area contributed by atoms with Crippen molar-refractivity contribution in [2.24, 2.45) is 7.05 Å². The molecule has 0 amide bonds. The first-order valence-electron chi connectivity index (χ1n) is 10.2. The Kier molecular flexibility index (Phi) is 5.29. The molecular formula is C20H31N7. The molecule has 0 spiro atoms. The predicted molar refractivity (Wildman–Crippen MR) is 108 cm³/mol. The van der Waals surface area contributed by atoms with Crippen LogP contribution in [0.4, 0.5) is 11.6 Å². The molecule has 7 nitrogen and oxygen atoms in total. The Bertz CT molecular complexity index is 751. The summed E-state index contributed by atoms with van der Waals surface area (Å²) in [5.74, 6) is 3.06. The maximum Gasteiger partial charge on any atom is 0.134 e. The van der Waals surface area contributed by atoms with Gasteiger partial charge < -0.3 is 9.80 Å². The van der Waals surface area contributed by atoms with Crippen molar-refractivity contribution in [2.45, 2.75) is 39.7 Å². The van der Waals surface area contributed by atoms with Crippen LogP contribution in [0.15, 0.2) is 12.1 Å². The van der Waals surface area contributed by atoms with Crippen LogP contribution in [0.3, 0.4) is 0 Å². The summed E-state index contributed by atoms with van der Waals surface area (Å²) < 4.78 is 1.96. The molecule has 2 aliphatic rings. The summed E-state index contributed by atoms with van der Waals surface area (Å²) in [4.78, 5) is 16.7. The minimum atomic E-state index is 0.875. The van der Waals surface area contributed by atoms with Crippen LogP contribution in [0.1, 0.15) is 36.5 Å². The Balaban J connectivity index is 1.39. The van der Waals surface area contributed by atoms with E-state index in [0.29, 0.717) is 0 Å². The van der Waals surface area contributed by atoms with E-state index in [0.717, 1.165) is 69.0 Å². The highest BCUT2D eigenvalue weighted by molar-refractivity contribution is 5.51. The van der Waals surface area contributed by atoms with E-state index in [1.165, 1.54) is 25.0 Å². The fraction of sp³-hybridized carbons (Fsp3) is 0.650. The summed E-state index contributed by atoms with van der Waals surface area (Å²) in [6.07, 6.45) is 3.87. The summed E-state index contributed by atoms with van der Waals surface area (Å²) in [5, 5.41) is 4.59. The lowest BCUT2D eigenvalue weighted by molar-refractivity contribution is 0.246. The van der Waals surface area contributed by atoms with Gasteiger partial charge in [0.1, 0.15) is 17.5 Å². The summed E-state index contributed by atoms with van der Waals surface area (Å²) in [6.45, 7) is 11.4. The molecule has 2 saturated heterocycles. The summed E-state index contributed by atoms with van der Waals surface area (Å²) >= 11 is 0. The second kappa shape index (κ2) is 7.84. The number of rotatable bonds is 4. The standard InChI is InChI=1S/C20H31N7/c1-16-13-18(23-24(16)3)15-25-9-11-27(12-10-25)20-14-19(21-17(2)22-20)26-7-5-4-6-8-26/h13-14H,4-12,15H2,1-3H3. The molecule has 7 heteroatoms. The molecule has 0 saturated carbocycles. The van der Waals surface area contributed by atoms with Gasteiger partial charge in [-0.1, -0.05) is 0 Å². The molecule has 0 radical (unpaired) electrons. The molecule has 0 aliphatic carbocycles. The van der Waals surface area contributed by atoms with Gasteiger partial charge in [-0.3, -0.25) is 9.58 Å². The third-order valence-electron chi connectivity index (χ3n) is 5.74. The van der Waals surface area contributed by atoms with Gasteiger partial charge in [-0.25, -0.2) is 9.97 Å². The van der Waals surface area contributed by atoms with Crippen LogP contribution in [0.5, 0.6) is 0 Å². The lowest BCUT2D eigenvalue weighted by Gasteiger charge is -2.35. The third-order valence-corrected chi connectivity index (χ3v) is 5.74. The van der Waals surface area contributed by atoms with E-state index in [1.54, 1.807) is 0 Å². The SMILES string of the molecule is Cc1nc(N2CCCCC2)cc(N2CCN(Cc3cc(C)n(C)n3)CC2)n1. The Labute approximate surface area is 162 Å². The number of hydrogen-bond donors (Lipinski definition) is 0. The number of hydrogen-bond acceptors (Lipinski definition) is 6. The van der Waals surface area contributed by atoms with E-state index >= 15 is 0 Å². The quantitative estimate of drug-likeness (QED) is 0.823. The van der Waals surface area contributed by atoms with Gasteiger partial charge in [0.15, 0.2) is 0 Å². The largest absolute Gasteiger partial charge is 0.356 e. The Morgan fingerprint density at radius 3 is 2.04 bits per heavy atom. The normalized spacial score (nSPS) is 18.9. The molecule has 0 atom stereocenters. The lowest BCUT2D eigenvalue weighted by Crippen LogP contribution is -2.46. The van der Waals surface area contributed by atoms with Gasteiger partial charge in [0.2, 0.25) is 0 Å². The van der Waals surface area contributed by atoms with Crippen molar-refractivity contribution in [2.75, 3.05) is 49.1 Å². The van der Waals surface area contributed by atoms with Crippen LogP contribution in [-0.4, -0.2) is 63.9 Å². The molecule has 0 bridgehead atoms. The third kappa shape index (κ3) is 4.24. The average molecular weight is 370 g/mol. The van der Waals surface area contributed by atoms with Gasteiger partial charge in [-0.05, 0) is 39.2 Å². The molecule has 27 heavy (non-hydrogen) atoms. The van der Waals surface area contributed by atoms with E-state index in [9.17, 15) is 0 Å². The average Bonchev–Trinajstić information content (AvgIpc) is 2.99. The van der Waals surface area contributed by atoms with E-state index < -0.39 is 0 Å². The topological polar surface area (TPSA) is 53.3 Å². The number of aryl methyl sites for hydroxylation is 3. The first-order chi connectivity index (χ1) is 13.1. The second-order valence-corrected chi connectivity index (χ2v) is 7.84. The van der Waals surface area contributed by atoms with Crippen molar-refractivity contribution < 1.29 is 0 Å². The van der Waals surface area contributed by atoms with Crippen molar-refractivity contribution in [1.82, 2.24) is 24.6 Å². The zero-order valence-corrected chi connectivity index (χ0v) is 16.9. The molecule has 0 unspecified atom stereocenters. The molecule has 2 aromatic heterocycles. The highest BCUT2D eigenvalue weighted by Crippen LogP contribution is 2.23. The van der Waals surface area contributed by atoms with Crippen LogP contribution in [0, 0.1) is 13.8 Å². The fourth-order valence-electron chi connectivity index (χ4n) is 4.06. The molecule has 2 aromatic rings. The number of nitrogens with zero attached hydrogens (tertiary/aromatic N) is 7. The minimum Gasteiger partial charge on any atom is -0.356 e. The molecule has 0 aromatic carbocycles. The van der Waals surface area contributed by atoms with Crippen LogP contribution in [-0.2, 0) is 13.6 Å². The van der Waals surface area contributed by atoms with Crippen molar-refractivity contribution >= 4 is 11.6 Å². The van der Waals surface area contributed by atoms with Gasteiger partial charge in [0, 0.05) is 64.6 Å². The van der Waals surface area contributed by atoms with E-state index in [4.69, 9.17) is 9.97 Å². The molecule has 4 rings (SSSR count). The van der Waals surface area contributed by atoms with Crippen LogP contribution in [0.2, 0.25) is 0 Å². The van der Waals surface area contributed by atoms with Crippen LogP contribution in [0.25, 0.3) is 0 Å². The fourth-order valence-corrected chi connectivity index (χ4v) is 4.06. The Hall–Kier alpha value is -2.15. The summed E-state index contributed by atoms with van der Waals surface area (Å²) in [5.41, 5.74) is 2.37. The highest BCUT2D eigenvalue weighted by atomic mass is 15.3. The predicted octanol–water partition coefficient (Wildman–Crippen LogP) is 2.14. The lowest BCUT2D eigenvalue weighted by atomic mass is 10.1. The van der Waals surface area contributed by atoms with Gasteiger partial charge in [-0.2, -0.15) is 5.10 Å². The molecular weight excluding hydrogens is 338 g/mol. The first kappa shape index (κ1) is 18.2. The van der Waals surface area contributed by atoms with Crippen LogP contribution < -0.4 is 9.80 Å². The Morgan fingerprint density at radius 1 is 0.815 bits per heavy atom. The van der Waals surface area contributed by atoms with Gasteiger partial charge in [0.25, 0.3) is 0 Å². The van der Waals surface area contributed by atoms with Crippen molar-refractivity contribution in [3.05, 3.63) is 29.3 Å². The number of piperidine rings is 1. The molecule has 2 fully saturated rings. The summed E-state index contributed by atoms with van der Waals surface area (Å²) in [6, 6.07) is 4.38.